The fraction of sp³-hybridized carbons (Fsp3) is 0.188. The SMILES string of the molecule is CSc1ccc(C(Cl)=NNc2ccccc2)c(C(C)(F)F)c1. The van der Waals surface area contributed by atoms with E-state index >= 15 is 0 Å². The van der Waals surface area contributed by atoms with Crippen molar-refractivity contribution in [1.82, 2.24) is 0 Å². The Labute approximate surface area is 137 Å². The van der Waals surface area contributed by atoms with Crippen molar-refractivity contribution < 1.29 is 8.78 Å². The number of nitrogens with one attached hydrogen (secondary N) is 1. The van der Waals surface area contributed by atoms with E-state index in [0.717, 1.165) is 17.5 Å². The predicted molar refractivity (Wildman–Crippen MR) is 90.2 cm³/mol. The molecule has 0 aliphatic heterocycles. The van der Waals surface area contributed by atoms with E-state index in [9.17, 15) is 8.78 Å². The molecular weight excluding hydrogens is 326 g/mol. The molecule has 0 heterocycles. The summed E-state index contributed by atoms with van der Waals surface area (Å²) in [6.07, 6.45) is 1.83. The minimum atomic E-state index is -3.00. The normalized spacial score (nSPS) is 12.3. The van der Waals surface area contributed by atoms with Crippen molar-refractivity contribution in [2.45, 2.75) is 17.7 Å². The number of alkyl halides is 2. The van der Waals surface area contributed by atoms with Crippen LogP contribution in [0.15, 0.2) is 58.5 Å². The quantitative estimate of drug-likeness (QED) is 0.439. The minimum Gasteiger partial charge on any atom is -0.277 e. The van der Waals surface area contributed by atoms with Crippen LogP contribution in [0.2, 0.25) is 0 Å². The molecule has 0 spiro atoms. The van der Waals surface area contributed by atoms with E-state index in [1.807, 2.05) is 24.5 Å². The standard InChI is InChI=1S/C16H15ClF2N2S/c1-16(18,19)14-10-12(22-2)8-9-13(14)15(17)21-20-11-6-4-3-5-7-11/h3-10,20H,1-2H3. The Morgan fingerprint density at radius 1 is 1.18 bits per heavy atom. The van der Waals surface area contributed by atoms with Gasteiger partial charge in [-0.05, 0) is 30.5 Å². The minimum absolute atomic E-state index is 0.00645. The van der Waals surface area contributed by atoms with E-state index in [1.54, 1.807) is 24.3 Å². The molecule has 0 atom stereocenters. The van der Waals surface area contributed by atoms with Gasteiger partial charge in [0.1, 0.15) is 0 Å². The lowest BCUT2D eigenvalue weighted by Gasteiger charge is -2.16. The molecular formula is C16H15ClF2N2S. The molecule has 116 valence electrons. The van der Waals surface area contributed by atoms with E-state index in [2.05, 4.69) is 10.5 Å². The number of hydrogen-bond acceptors (Lipinski definition) is 3. The van der Waals surface area contributed by atoms with Crippen LogP contribution in [0, 0.1) is 0 Å². The summed E-state index contributed by atoms with van der Waals surface area (Å²) in [7, 11) is 0. The van der Waals surface area contributed by atoms with Crippen molar-refractivity contribution in [3.8, 4) is 0 Å². The molecule has 0 saturated heterocycles. The van der Waals surface area contributed by atoms with Gasteiger partial charge in [0.05, 0.1) is 5.69 Å². The van der Waals surface area contributed by atoms with Gasteiger partial charge in [-0.1, -0.05) is 35.9 Å². The average molecular weight is 341 g/mol. The molecule has 2 nitrogen and oxygen atoms in total. The first-order valence-corrected chi connectivity index (χ1v) is 8.13. The Balaban J connectivity index is 2.34. The Kier molecular flexibility index (Phi) is 5.42. The zero-order valence-corrected chi connectivity index (χ0v) is 13.7. The van der Waals surface area contributed by atoms with Crippen molar-refractivity contribution in [1.29, 1.82) is 0 Å². The summed E-state index contributed by atoms with van der Waals surface area (Å²) in [6.45, 7) is 0.852. The summed E-state index contributed by atoms with van der Waals surface area (Å²) < 4.78 is 27.6. The van der Waals surface area contributed by atoms with Crippen LogP contribution in [0.1, 0.15) is 18.1 Å². The maximum atomic E-state index is 13.8. The lowest BCUT2D eigenvalue weighted by molar-refractivity contribution is 0.0171. The number of hydrazone groups is 1. The molecule has 0 aromatic heterocycles. The molecule has 0 unspecified atom stereocenters. The van der Waals surface area contributed by atoms with Crippen molar-refractivity contribution in [2.75, 3.05) is 11.7 Å². The van der Waals surface area contributed by atoms with E-state index in [0.29, 0.717) is 0 Å². The molecule has 2 aromatic rings. The van der Waals surface area contributed by atoms with Gasteiger partial charge in [0.15, 0.2) is 5.17 Å². The first kappa shape index (κ1) is 16.8. The smallest absolute Gasteiger partial charge is 0.271 e. The second kappa shape index (κ2) is 7.11. The molecule has 22 heavy (non-hydrogen) atoms. The summed E-state index contributed by atoms with van der Waals surface area (Å²) >= 11 is 7.51. The van der Waals surface area contributed by atoms with Crippen molar-refractivity contribution in [3.63, 3.8) is 0 Å². The van der Waals surface area contributed by atoms with Crippen molar-refractivity contribution in [2.24, 2.45) is 5.10 Å². The molecule has 0 aliphatic rings. The second-order valence-corrected chi connectivity index (χ2v) is 5.92. The van der Waals surface area contributed by atoms with Gasteiger partial charge in [-0.25, -0.2) is 8.78 Å². The van der Waals surface area contributed by atoms with Gasteiger partial charge < -0.3 is 0 Å². The van der Waals surface area contributed by atoms with Gasteiger partial charge in [0, 0.05) is 22.9 Å². The highest BCUT2D eigenvalue weighted by molar-refractivity contribution is 7.98. The molecule has 0 amide bonds. The predicted octanol–water partition coefficient (Wildman–Crippen LogP) is 5.53. The van der Waals surface area contributed by atoms with Gasteiger partial charge in [-0.15, -0.1) is 11.8 Å². The number of rotatable bonds is 5. The largest absolute Gasteiger partial charge is 0.277 e. The lowest BCUT2D eigenvalue weighted by atomic mass is 10.0. The van der Waals surface area contributed by atoms with Gasteiger partial charge in [0.25, 0.3) is 5.92 Å². The van der Waals surface area contributed by atoms with E-state index in [1.165, 1.54) is 17.8 Å². The molecule has 2 rings (SSSR count). The highest BCUT2D eigenvalue weighted by atomic mass is 35.5. The van der Waals surface area contributed by atoms with Crippen LogP contribution in [0.4, 0.5) is 14.5 Å². The first-order valence-electron chi connectivity index (χ1n) is 6.53. The lowest BCUT2D eigenvalue weighted by Crippen LogP contribution is -2.13. The van der Waals surface area contributed by atoms with Crippen molar-refractivity contribution in [3.05, 3.63) is 59.7 Å². The Hall–Kier alpha value is -1.59. The first-order chi connectivity index (χ1) is 10.4. The highest BCUT2D eigenvalue weighted by Crippen LogP contribution is 2.33. The van der Waals surface area contributed by atoms with E-state index in [4.69, 9.17) is 11.6 Å². The monoisotopic (exact) mass is 340 g/mol. The van der Waals surface area contributed by atoms with E-state index < -0.39 is 5.92 Å². The second-order valence-electron chi connectivity index (χ2n) is 4.68. The molecule has 6 heteroatoms. The van der Waals surface area contributed by atoms with Crippen LogP contribution in [-0.2, 0) is 5.92 Å². The molecule has 2 aromatic carbocycles. The zero-order valence-electron chi connectivity index (χ0n) is 12.1. The van der Waals surface area contributed by atoms with E-state index in [-0.39, 0.29) is 16.3 Å². The molecule has 0 saturated carbocycles. The molecule has 0 fully saturated rings. The number of para-hydroxylation sites is 1. The fourth-order valence-electron chi connectivity index (χ4n) is 1.88. The maximum Gasteiger partial charge on any atom is 0.271 e. The number of thioether (sulfide) groups is 1. The Morgan fingerprint density at radius 3 is 2.45 bits per heavy atom. The summed E-state index contributed by atoms with van der Waals surface area (Å²) in [6, 6.07) is 13.9. The number of anilines is 1. The van der Waals surface area contributed by atoms with Gasteiger partial charge in [0.2, 0.25) is 0 Å². The van der Waals surface area contributed by atoms with Gasteiger partial charge >= 0.3 is 0 Å². The maximum absolute atomic E-state index is 13.8. The average Bonchev–Trinajstić information content (AvgIpc) is 2.52. The number of halogens is 3. The third-order valence-corrected chi connectivity index (χ3v) is 3.99. The number of nitrogens with zero attached hydrogens (tertiary/aromatic N) is 1. The van der Waals surface area contributed by atoms with Crippen LogP contribution in [0.5, 0.6) is 0 Å². The van der Waals surface area contributed by atoms with Crippen LogP contribution in [0.25, 0.3) is 0 Å². The topological polar surface area (TPSA) is 24.4 Å². The van der Waals surface area contributed by atoms with Crippen LogP contribution in [-0.4, -0.2) is 11.4 Å². The summed E-state index contributed by atoms with van der Waals surface area (Å²) in [5.41, 5.74) is 3.57. The number of hydrogen-bond donors (Lipinski definition) is 1. The van der Waals surface area contributed by atoms with Gasteiger partial charge in [-0.2, -0.15) is 5.10 Å². The zero-order chi connectivity index (χ0) is 16.2. The fourth-order valence-corrected chi connectivity index (χ4v) is 2.53. The third kappa shape index (κ3) is 4.21. The number of benzene rings is 2. The van der Waals surface area contributed by atoms with Crippen LogP contribution in [0.3, 0.4) is 0 Å². The molecule has 0 aliphatic carbocycles. The van der Waals surface area contributed by atoms with Crippen LogP contribution >= 0.6 is 23.4 Å². The molecule has 0 bridgehead atoms. The molecule has 0 radical (unpaired) electrons. The summed E-state index contributed by atoms with van der Waals surface area (Å²) in [5.74, 6) is -3.00. The van der Waals surface area contributed by atoms with Crippen molar-refractivity contribution >= 4 is 34.2 Å². The Morgan fingerprint density at radius 2 is 1.86 bits per heavy atom. The molecule has 1 N–H and O–H groups in total. The summed E-state index contributed by atoms with van der Waals surface area (Å²) in [4.78, 5) is 0.751. The van der Waals surface area contributed by atoms with Gasteiger partial charge in [-0.3, -0.25) is 5.43 Å². The Bertz CT molecular complexity index is 670. The third-order valence-electron chi connectivity index (χ3n) is 2.98. The highest BCUT2D eigenvalue weighted by Gasteiger charge is 2.29. The summed E-state index contributed by atoms with van der Waals surface area (Å²) in [5, 5.41) is 3.98. The van der Waals surface area contributed by atoms with Crippen LogP contribution < -0.4 is 5.43 Å².